The third-order valence-electron chi connectivity index (χ3n) is 3.73. The van der Waals surface area contributed by atoms with E-state index in [0.29, 0.717) is 31.4 Å². The predicted molar refractivity (Wildman–Crippen MR) is 88.3 cm³/mol. The Kier molecular flexibility index (Phi) is 4.57. The summed E-state index contributed by atoms with van der Waals surface area (Å²) in [5, 5.41) is 3.83. The zero-order valence-electron chi connectivity index (χ0n) is 12.7. The highest BCUT2D eigenvalue weighted by Gasteiger charge is 2.06. The number of carbonyl (C=O) groups is 1. The standard InChI is InChI=1S/C18H18N2O3/c21-17(8-7-15-5-3-11-23-15)19-10-9-14-12-13-4-1-2-6-16(13)20-18(14)22/h1-6,11-12H,7-10H2,(H,19,21)(H,20,22). The molecular weight excluding hydrogens is 292 g/mol. The lowest BCUT2D eigenvalue weighted by Crippen LogP contribution is -2.27. The first-order valence-corrected chi connectivity index (χ1v) is 7.62. The highest BCUT2D eigenvalue weighted by atomic mass is 16.3. The highest BCUT2D eigenvalue weighted by Crippen LogP contribution is 2.10. The zero-order chi connectivity index (χ0) is 16.1. The lowest BCUT2D eigenvalue weighted by molar-refractivity contribution is -0.121. The maximum absolute atomic E-state index is 12.0. The molecule has 5 heteroatoms. The molecular formula is C18H18N2O3. The third-order valence-corrected chi connectivity index (χ3v) is 3.73. The minimum absolute atomic E-state index is 0.0429. The van der Waals surface area contributed by atoms with E-state index in [1.165, 1.54) is 0 Å². The molecule has 2 N–H and O–H groups in total. The number of amides is 1. The fourth-order valence-corrected chi connectivity index (χ4v) is 2.49. The average Bonchev–Trinajstić information content (AvgIpc) is 3.07. The van der Waals surface area contributed by atoms with Crippen molar-refractivity contribution in [1.82, 2.24) is 10.3 Å². The van der Waals surface area contributed by atoms with Gasteiger partial charge in [0.25, 0.3) is 5.56 Å². The zero-order valence-corrected chi connectivity index (χ0v) is 12.7. The van der Waals surface area contributed by atoms with Gasteiger partial charge < -0.3 is 14.7 Å². The summed E-state index contributed by atoms with van der Waals surface area (Å²) in [7, 11) is 0. The van der Waals surface area contributed by atoms with Gasteiger partial charge in [0, 0.05) is 30.5 Å². The van der Waals surface area contributed by atoms with Gasteiger partial charge in [-0.15, -0.1) is 0 Å². The average molecular weight is 310 g/mol. The van der Waals surface area contributed by atoms with E-state index in [4.69, 9.17) is 4.42 Å². The first kappa shape index (κ1) is 15.1. The van der Waals surface area contributed by atoms with E-state index in [0.717, 1.165) is 16.7 Å². The summed E-state index contributed by atoms with van der Waals surface area (Å²) in [6.07, 6.45) is 3.06. The van der Waals surface area contributed by atoms with Gasteiger partial charge in [-0.05, 0) is 36.1 Å². The summed E-state index contributed by atoms with van der Waals surface area (Å²) in [6, 6.07) is 13.2. The van der Waals surface area contributed by atoms with Crippen molar-refractivity contribution in [2.24, 2.45) is 0 Å². The highest BCUT2D eigenvalue weighted by molar-refractivity contribution is 5.78. The summed E-state index contributed by atoms with van der Waals surface area (Å²) in [6.45, 7) is 0.443. The number of rotatable bonds is 6. The lowest BCUT2D eigenvalue weighted by Gasteiger charge is -2.05. The van der Waals surface area contributed by atoms with E-state index in [-0.39, 0.29) is 11.5 Å². The smallest absolute Gasteiger partial charge is 0.251 e. The third kappa shape index (κ3) is 3.88. The van der Waals surface area contributed by atoms with Crippen molar-refractivity contribution in [3.63, 3.8) is 0 Å². The molecule has 5 nitrogen and oxygen atoms in total. The summed E-state index contributed by atoms with van der Waals surface area (Å²) < 4.78 is 5.19. The Labute approximate surface area is 133 Å². The van der Waals surface area contributed by atoms with E-state index >= 15 is 0 Å². The molecule has 0 saturated heterocycles. The number of aromatic nitrogens is 1. The number of furan rings is 1. The number of hydrogen-bond donors (Lipinski definition) is 2. The van der Waals surface area contributed by atoms with Crippen LogP contribution in [0.3, 0.4) is 0 Å². The van der Waals surface area contributed by atoms with Gasteiger partial charge in [-0.3, -0.25) is 9.59 Å². The predicted octanol–water partition coefficient (Wildman–Crippen LogP) is 2.41. The van der Waals surface area contributed by atoms with Crippen molar-refractivity contribution in [1.29, 1.82) is 0 Å². The molecule has 0 saturated carbocycles. The molecule has 2 aromatic heterocycles. The van der Waals surface area contributed by atoms with Crippen LogP contribution in [0, 0.1) is 0 Å². The number of carbonyl (C=O) groups excluding carboxylic acids is 1. The number of fused-ring (bicyclic) bond motifs is 1. The largest absolute Gasteiger partial charge is 0.469 e. The fourth-order valence-electron chi connectivity index (χ4n) is 2.49. The molecule has 1 aromatic carbocycles. The Morgan fingerprint density at radius 3 is 2.83 bits per heavy atom. The van der Waals surface area contributed by atoms with E-state index in [2.05, 4.69) is 10.3 Å². The van der Waals surface area contributed by atoms with E-state index < -0.39 is 0 Å². The van der Waals surface area contributed by atoms with E-state index in [1.807, 2.05) is 36.4 Å². The number of aromatic amines is 1. The number of para-hydroxylation sites is 1. The topological polar surface area (TPSA) is 75.1 Å². The number of hydrogen-bond acceptors (Lipinski definition) is 3. The van der Waals surface area contributed by atoms with Crippen LogP contribution in [0.1, 0.15) is 17.7 Å². The van der Waals surface area contributed by atoms with Crippen molar-refractivity contribution in [2.45, 2.75) is 19.3 Å². The molecule has 0 aliphatic heterocycles. The molecule has 0 spiro atoms. The number of aryl methyl sites for hydroxylation is 1. The van der Waals surface area contributed by atoms with E-state index in [1.54, 1.807) is 12.3 Å². The Morgan fingerprint density at radius 1 is 1.13 bits per heavy atom. The second kappa shape index (κ2) is 6.96. The van der Waals surface area contributed by atoms with Crippen molar-refractivity contribution >= 4 is 16.8 Å². The van der Waals surface area contributed by atoms with Gasteiger partial charge in [-0.25, -0.2) is 0 Å². The van der Waals surface area contributed by atoms with Gasteiger partial charge in [-0.2, -0.15) is 0 Å². The van der Waals surface area contributed by atoms with Gasteiger partial charge in [-0.1, -0.05) is 18.2 Å². The second-order valence-corrected chi connectivity index (χ2v) is 5.39. The van der Waals surface area contributed by atoms with Gasteiger partial charge in [0.15, 0.2) is 0 Å². The number of benzene rings is 1. The molecule has 0 aliphatic carbocycles. The monoisotopic (exact) mass is 310 g/mol. The van der Waals surface area contributed by atoms with Gasteiger partial charge in [0.2, 0.25) is 5.91 Å². The van der Waals surface area contributed by atoms with Gasteiger partial charge in [0.1, 0.15) is 5.76 Å². The van der Waals surface area contributed by atoms with Crippen molar-refractivity contribution in [2.75, 3.05) is 6.54 Å². The van der Waals surface area contributed by atoms with Crippen molar-refractivity contribution in [3.8, 4) is 0 Å². The van der Waals surface area contributed by atoms with Crippen molar-refractivity contribution in [3.05, 3.63) is 70.4 Å². The summed E-state index contributed by atoms with van der Waals surface area (Å²) >= 11 is 0. The van der Waals surface area contributed by atoms with Crippen LogP contribution in [0.2, 0.25) is 0 Å². The molecule has 3 aromatic rings. The molecule has 0 radical (unpaired) electrons. The summed E-state index contributed by atoms with van der Waals surface area (Å²) in [5.74, 6) is 0.754. The lowest BCUT2D eigenvalue weighted by atomic mass is 10.1. The van der Waals surface area contributed by atoms with Crippen LogP contribution in [-0.2, 0) is 17.6 Å². The Hall–Kier alpha value is -2.82. The molecule has 0 atom stereocenters. The second-order valence-electron chi connectivity index (χ2n) is 5.39. The van der Waals surface area contributed by atoms with Gasteiger partial charge >= 0.3 is 0 Å². The van der Waals surface area contributed by atoms with Crippen LogP contribution in [0.15, 0.2) is 57.9 Å². The minimum Gasteiger partial charge on any atom is -0.469 e. The molecule has 3 rings (SSSR count). The molecule has 0 fully saturated rings. The van der Waals surface area contributed by atoms with Crippen LogP contribution in [-0.4, -0.2) is 17.4 Å². The first-order chi connectivity index (χ1) is 11.2. The fraction of sp³-hybridized carbons (Fsp3) is 0.222. The van der Waals surface area contributed by atoms with Gasteiger partial charge in [0.05, 0.1) is 6.26 Å². The Bertz CT molecular complexity index is 850. The number of H-pyrrole nitrogens is 1. The SMILES string of the molecule is O=C(CCc1ccco1)NCCc1cc2ccccc2[nH]c1=O. The van der Waals surface area contributed by atoms with Crippen LogP contribution in [0.25, 0.3) is 10.9 Å². The Morgan fingerprint density at radius 2 is 2.00 bits per heavy atom. The molecule has 23 heavy (non-hydrogen) atoms. The molecule has 0 unspecified atom stereocenters. The van der Waals surface area contributed by atoms with Crippen LogP contribution >= 0.6 is 0 Å². The van der Waals surface area contributed by atoms with Crippen molar-refractivity contribution < 1.29 is 9.21 Å². The molecule has 2 heterocycles. The molecule has 118 valence electrons. The molecule has 0 bridgehead atoms. The van der Waals surface area contributed by atoms with Crippen LogP contribution < -0.4 is 10.9 Å². The maximum Gasteiger partial charge on any atom is 0.251 e. The number of nitrogens with one attached hydrogen (secondary N) is 2. The number of pyridine rings is 1. The minimum atomic E-state index is -0.103. The normalized spacial score (nSPS) is 10.8. The van der Waals surface area contributed by atoms with E-state index in [9.17, 15) is 9.59 Å². The Balaban J connectivity index is 1.53. The quantitative estimate of drug-likeness (QED) is 0.734. The van der Waals surface area contributed by atoms with Crippen LogP contribution in [0.5, 0.6) is 0 Å². The first-order valence-electron chi connectivity index (χ1n) is 7.62. The maximum atomic E-state index is 12.0. The molecule has 1 amide bonds. The summed E-state index contributed by atoms with van der Waals surface area (Å²) in [5.41, 5.74) is 1.40. The summed E-state index contributed by atoms with van der Waals surface area (Å²) in [4.78, 5) is 26.7. The molecule has 0 aliphatic rings. The van der Waals surface area contributed by atoms with Crippen LogP contribution in [0.4, 0.5) is 0 Å².